The summed E-state index contributed by atoms with van der Waals surface area (Å²) in [6, 6.07) is 2.09. The maximum atomic E-state index is 4.18. The molecule has 1 aromatic heterocycles. The standard InChI is InChI=1S/C8H10BrN/c1-6-3-7(2)10-5-8(6)4-9/h3,5H,4H2,1-2H3. The second-order valence-corrected chi connectivity index (χ2v) is 2.95. The Morgan fingerprint density at radius 3 is 2.70 bits per heavy atom. The van der Waals surface area contributed by atoms with Crippen molar-refractivity contribution in [1.29, 1.82) is 0 Å². The molecule has 0 aliphatic rings. The summed E-state index contributed by atoms with van der Waals surface area (Å²) in [5, 5.41) is 0.895. The van der Waals surface area contributed by atoms with Gasteiger partial charge in [-0.25, -0.2) is 0 Å². The van der Waals surface area contributed by atoms with Crippen LogP contribution in [0.4, 0.5) is 0 Å². The van der Waals surface area contributed by atoms with Gasteiger partial charge < -0.3 is 0 Å². The van der Waals surface area contributed by atoms with E-state index in [2.05, 4.69) is 33.9 Å². The molecule has 10 heavy (non-hydrogen) atoms. The molecule has 0 aliphatic carbocycles. The third kappa shape index (κ3) is 1.57. The van der Waals surface area contributed by atoms with Crippen LogP contribution >= 0.6 is 15.9 Å². The molecule has 0 unspecified atom stereocenters. The van der Waals surface area contributed by atoms with Crippen molar-refractivity contribution in [3.63, 3.8) is 0 Å². The van der Waals surface area contributed by atoms with E-state index in [1.54, 1.807) is 0 Å². The Morgan fingerprint density at radius 1 is 1.50 bits per heavy atom. The average molecular weight is 200 g/mol. The van der Waals surface area contributed by atoms with Gasteiger partial charge in [0.15, 0.2) is 0 Å². The molecule has 54 valence electrons. The van der Waals surface area contributed by atoms with Gasteiger partial charge in [0.25, 0.3) is 0 Å². The normalized spacial score (nSPS) is 9.90. The number of rotatable bonds is 1. The van der Waals surface area contributed by atoms with Crippen LogP contribution in [0.15, 0.2) is 12.3 Å². The summed E-state index contributed by atoms with van der Waals surface area (Å²) in [4.78, 5) is 4.18. The number of pyridine rings is 1. The molecule has 0 saturated carbocycles. The van der Waals surface area contributed by atoms with Crippen molar-refractivity contribution >= 4 is 15.9 Å². The Morgan fingerprint density at radius 2 is 2.20 bits per heavy atom. The van der Waals surface area contributed by atoms with Gasteiger partial charge in [-0.3, -0.25) is 4.98 Å². The predicted octanol–water partition coefficient (Wildman–Crippen LogP) is 2.59. The van der Waals surface area contributed by atoms with Crippen molar-refractivity contribution in [1.82, 2.24) is 4.98 Å². The fraction of sp³-hybridized carbons (Fsp3) is 0.375. The maximum Gasteiger partial charge on any atom is 0.0375 e. The summed E-state index contributed by atoms with van der Waals surface area (Å²) < 4.78 is 0. The van der Waals surface area contributed by atoms with Crippen molar-refractivity contribution in [2.45, 2.75) is 19.2 Å². The van der Waals surface area contributed by atoms with E-state index in [1.165, 1.54) is 11.1 Å². The van der Waals surface area contributed by atoms with Crippen LogP contribution in [-0.4, -0.2) is 4.98 Å². The summed E-state index contributed by atoms with van der Waals surface area (Å²) >= 11 is 3.39. The molecule has 0 aromatic carbocycles. The average Bonchev–Trinajstić information content (AvgIpc) is 1.88. The molecule has 0 spiro atoms. The lowest BCUT2D eigenvalue weighted by Crippen LogP contribution is -1.88. The van der Waals surface area contributed by atoms with E-state index >= 15 is 0 Å². The van der Waals surface area contributed by atoms with E-state index in [0.717, 1.165) is 11.0 Å². The minimum atomic E-state index is 0.895. The van der Waals surface area contributed by atoms with Crippen LogP contribution in [0.3, 0.4) is 0 Å². The molecule has 1 heterocycles. The molecule has 0 atom stereocenters. The predicted molar refractivity (Wildman–Crippen MR) is 46.3 cm³/mol. The van der Waals surface area contributed by atoms with Gasteiger partial charge in [0.1, 0.15) is 0 Å². The molecule has 1 aromatic rings. The largest absolute Gasteiger partial charge is 0.261 e. The smallest absolute Gasteiger partial charge is 0.0375 e. The van der Waals surface area contributed by atoms with E-state index < -0.39 is 0 Å². The van der Waals surface area contributed by atoms with Gasteiger partial charge in [0, 0.05) is 17.2 Å². The fourth-order valence-corrected chi connectivity index (χ4v) is 1.45. The zero-order valence-corrected chi connectivity index (χ0v) is 7.77. The monoisotopic (exact) mass is 199 g/mol. The summed E-state index contributed by atoms with van der Waals surface area (Å²) in [7, 11) is 0. The molecule has 0 bridgehead atoms. The summed E-state index contributed by atoms with van der Waals surface area (Å²) in [6.45, 7) is 4.11. The van der Waals surface area contributed by atoms with E-state index in [4.69, 9.17) is 0 Å². The summed E-state index contributed by atoms with van der Waals surface area (Å²) in [5.74, 6) is 0. The van der Waals surface area contributed by atoms with Crippen molar-refractivity contribution in [3.8, 4) is 0 Å². The van der Waals surface area contributed by atoms with E-state index in [0.29, 0.717) is 0 Å². The molecule has 0 radical (unpaired) electrons. The Labute approximate surface area is 69.6 Å². The Balaban J connectivity index is 3.07. The van der Waals surface area contributed by atoms with Crippen LogP contribution in [0.1, 0.15) is 16.8 Å². The third-order valence-corrected chi connectivity index (χ3v) is 2.10. The van der Waals surface area contributed by atoms with Gasteiger partial charge >= 0.3 is 0 Å². The van der Waals surface area contributed by atoms with Crippen molar-refractivity contribution in [2.75, 3.05) is 0 Å². The Bertz CT molecular complexity index is 233. The lowest BCUT2D eigenvalue weighted by molar-refractivity contribution is 1.13. The number of alkyl halides is 1. The molecular formula is C8H10BrN. The molecule has 0 N–H and O–H groups in total. The first kappa shape index (κ1) is 7.73. The van der Waals surface area contributed by atoms with Crippen LogP contribution in [0, 0.1) is 13.8 Å². The number of hydrogen-bond acceptors (Lipinski definition) is 1. The van der Waals surface area contributed by atoms with E-state index in [1.807, 2.05) is 13.1 Å². The zero-order valence-electron chi connectivity index (χ0n) is 6.19. The van der Waals surface area contributed by atoms with Crippen LogP contribution in [0.2, 0.25) is 0 Å². The van der Waals surface area contributed by atoms with Gasteiger partial charge in [0.2, 0.25) is 0 Å². The Kier molecular flexibility index (Phi) is 2.44. The molecule has 1 nitrogen and oxygen atoms in total. The quantitative estimate of drug-likeness (QED) is 0.635. The van der Waals surface area contributed by atoms with Crippen LogP contribution in [-0.2, 0) is 5.33 Å². The van der Waals surface area contributed by atoms with Crippen LogP contribution in [0.5, 0.6) is 0 Å². The lowest BCUT2D eigenvalue weighted by Gasteiger charge is -2.00. The molecule has 1 rings (SSSR count). The SMILES string of the molecule is Cc1cc(C)c(CBr)cn1. The Hall–Kier alpha value is -0.370. The highest BCUT2D eigenvalue weighted by atomic mass is 79.9. The number of hydrogen-bond donors (Lipinski definition) is 0. The molecule has 0 fully saturated rings. The first-order valence-electron chi connectivity index (χ1n) is 3.22. The third-order valence-electron chi connectivity index (χ3n) is 1.50. The number of nitrogens with zero attached hydrogens (tertiary/aromatic N) is 1. The van der Waals surface area contributed by atoms with Gasteiger partial charge in [-0.05, 0) is 31.0 Å². The van der Waals surface area contributed by atoms with Crippen LogP contribution in [0.25, 0.3) is 0 Å². The summed E-state index contributed by atoms with van der Waals surface area (Å²) in [6.07, 6.45) is 1.92. The van der Waals surface area contributed by atoms with Crippen molar-refractivity contribution < 1.29 is 0 Å². The minimum Gasteiger partial charge on any atom is -0.261 e. The highest BCUT2D eigenvalue weighted by molar-refractivity contribution is 9.08. The van der Waals surface area contributed by atoms with Crippen molar-refractivity contribution in [2.24, 2.45) is 0 Å². The molecule has 0 saturated heterocycles. The van der Waals surface area contributed by atoms with Crippen LogP contribution < -0.4 is 0 Å². The van der Waals surface area contributed by atoms with E-state index in [-0.39, 0.29) is 0 Å². The zero-order chi connectivity index (χ0) is 7.56. The number of aryl methyl sites for hydroxylation is 2. The van der Waals surface area contributed by atoms with Gasteiger partial charge in [0.05, 0.1) is 0 Å². The highest BCUT2D eigenvalue weighted by Gasteiger charge is 1.95. The first-order chi connectivity index (χ1) is 4.74. The molecule has 0 aliphatic heterocycles. The maximum absolute atomic E-state index is 4.18. The first-order valence-corrected chi connectivity index (χ1v) is 4.34. The van der Waals surface area contributed by atoms with Crippen molar-refractivity contribution in [3.05, 3.63) is 29.1 Å². The fourth-order valence-electron chi connectivity index (χ4n) is 0.865. The molecular weight excluding hydrogens is 190 g/mol. The van der Waals surface area contributed by atoms with Gasteiger partial charge in [-0.15, -0.1) is 0 Å². The topological polar surface area (TPSA) is 12.9 Å². The van der Waals surface area contributed by atoms with E-state index in [9.17, 15) is 0 Å². The second kappa shape index (κ2) is 3.15. The second-order valence-electron chi connectivity index (χ2n) is 2.39. The lowest BCUT2D eigenvalue weighted by atomic mass is 10.2. The molecule has 0 amide bonds. The minimum absolute atomic E-state index is 0.895. The summed E-state index contributed by atoms with van der Waals surface area (Å²) in [5.41, 5.74) is 3.66. The van der Waals surface area contributed by atoms with Gasteiger partial charge in [-0.2, -0.15) is 0 Å². The number of aromatic nitrogens is 1. The molecule has 2 heteroatoms. The highest BCUT2D eigenvalue weighted by Crippen LogP contribution is 2.10. The number of halogens is 1. The van der Waals surface area contributed by atoms with Gasteiger partial charge in [-0.1, -0.05) is 15.9 Å².